The molecule has 2 aromatic heterocycles. The summed E-state index contributed by atoms with van der Waals surface area (Å²) in [4.78, 5) is 16.7. The SMILES string of the molecule is CN(C(=O)NC1CC1c1ccsc1)[C@@H]1CCCN(c2cccnn2)C1.[HH]. The Balaban J connectivity index is 0.00000196. The third-order valence-corrected chi connectivity index (χ3v) is 5.92. The third-order valence-electron chi connectivity index (χ3n) is 5.22. The molecule has 3 heterocycles. The molecule has 7 heteroatoms. The van der Waals surface area contributed by atoms with Crippen LogP contribution in [0, 0.1) is 0 Å². The van der Waals surface area contributed by atoms with Gasteiger partial charge in [-0.2, -0.15) is 16.4 Å². The van der Waals surface area contributed by atoms with Crippen LogP contribution in [0.25, 0.3) is 0 Å². The van der Waals surface area contributed by atoms with Crippen LogP contribution >= 0.6 is 11.3 Å². The van der Waals surface area contributed by atoms with Crippen molar-refractivity contribution in [3.63, 3.8) is 0 Å². The van der Waals surface area contributed by atoms with Crippen LogP contribution < -0.4 is 10.2 Å². The van der Waals surface area contributed by atoms with Crippen molar-refractivity contribution in [1.29, 1.82) is 0 Å². The Morgan fingerprint density at radius 1 is 1.48 bits per heavy atom. The van der Waals surface area contributed by atoms with Gasteiger partial charge in [0.25, 0.3) is 0 Å². The van der Waals surface area contributed by atoms with Gasteiger partial charge in [-0.15, -0.1) is 5.10 Å². The maximum atomic E-state index is 12.6. The lowest BCUT2D eigenvalue weighted by Crippen LogP contribution is -2.52. The van der Waals surface area contributed by atoms with Crippen molar-refractivity contribution >= 4 is 23.2 Å². The number of thiophene rings is 1. The van der Waals surface area contributed by atoms with Gasteiger partial charge >= 0.3 is 6.03 Å². The van der Waals surface area contributed by atoms with Crippen molar-refractivity contribution in [3.05, 3.63) is 40.7 Å². The fraction of sp³-hybridized carbons (Fsp3) is 0.500. The van der Waals surface area contributed by atoms with Crippen molar-refractivity contribution in [3.8, 4) is 0 Å². The van der Waals surface area contributed by atoms with Crippen molar-refractivity contribution in [2.24, 2.45) is 0 Å². The van der Waals surface area contributed by atoms with Crippen LogP contribution in [0.5, 0.6) is 0 Å². The average Bonchev–Trinajstić information content (AvgIpc) is 3.20. The molecule has 6 nitrogen and oxygen atoms in total. The van der Waals surface area contributed by atoms with E-state index in [0.717, 1.165) is 38.2 Å². The van der Waals surface area contributed by atoms with Crippen LogP contribution in [0.2, 0.25) is 0 Å². The fourth-order valence-electron chi connectivity index (χ4n) is 3.58. The van der Waals surface area contributed by atoms with Crippen molar-refractivity contribution in [1.82, 2.24) is 20.4 Å². The molecule has 2 fully saturated rings. The number of nitrogens with zero attached hydrogens (tertiary/aromatic N) is 4. The molecule has 3 atom stereocenters. The highest BCUT2D eigenvalue weighted by molar-refractivity contribution is 7.08. The lowest BCUT2D eigenvalue weighted by Gasteiger charge is -2.38. The van der Waals surface area contributed by atoms with E-state index in [2.05, 4.69) is 37.2 Å². The quantitative estimate of drug-likeness (QED) is 0.912. The van der Waals surface area contributed by atoms with Crippen LogP contribution in [0.4, 0.5) is 10.6 Å². The van der Waals surface area contributed by atoms with E-state index < -0.39 is 0 Å². The zero-order chi connectivity index (χ0) is 17.2. The molecule has 1 N–H and O–H groups in total. The molecule has 25 heavy (non-hydrogen) atoms. The van der Waals surface area contributed by atoms with Crippen molar-refractivity contribution in [2.45, 2.75) is 37.3 Å². The zero-order valence-corrected chi connectivity index (χ0v) is 15.2. The summed E-state index contributed by atoms with van der Waals surface area (Å²) < 4.78 is 0. The van der Waals surface area contributed by atoms with Gasteiger partial charge in [-0.05, 0) is 53.8 Å². The van der Waals surface area contributed by atoms with Gasteiger partial charge in [0, 0.05) is 39.7 Å². The van der Waals surface area contributed by atoms with Crippen LogP contribution in [-0.2, 0) is 0 Å². The predicted octanol–water partition coefficient (Wildman–Crippen LogP) is 2.95. The number of carbonyl (C=O) groups excluding carboxylic acids is 1. The number of amides is 2. The minimum absolute atomic E-state index is 0. The highest BCUT2D eigenvalue weighted by Gasteiger charge is 2.40. The van der Waals surface area contributed by atoms with Crippen LogP contribution in [0.3, 0.4) is 0 Å². The fourth-order valence-corrected chi connectivity index (χ4v) is 4.30. The van der Waals surface area contributed by atoms with Crippen LogP contribution in [-0.4, -0.2) is 53.3 Å². The van der Waals surface area contributed by atoms with Crippen LogP contribution in [0.15, 0.2) is 35.2 Å². The molecule has 134 valence electrons. The Kier molecular flexibility index (Phi) is 4.57. The minimum Gasteiger partial charge on any atom is -0.353 e. The molecule has 1 aliphatic heterocycles. The minimum atomic E-state index is 0. The first kappa shape index (κ1) is 16.3. The number of nitrogens with one attached hydrogen (secondary N) is 1. The summed E-state index contributed by atoms with van der Waals surface area (Å²) in [5.41, 5.74) is 1.35. The molecule has 0 spiro atoms. The Morgan fingerprint density at radius 3 is 3.16 bits per heavy atom. The van der Waals surface area contributed by atoms with E-state index in [1.807, 2.05) is 24.1 Å². The second-order valence-electron chi connectivity index (χ2n) is 6.89. The number of piperidine rings is 1. The Labute approximate surface area is 153 Å². The van der Waals surface area contributed by atoms with E-state index in [0.29, 0.717) is 5.92 Å². The maximum Gasteiger partial charge on any atom is 0.317 e. The van der Waals surface area contributed by atoms with Gasteiger partial charge in [-0.1, -0.05) is 0 Å². The number of rotatable bonds is 4. The third kappa shape index (κ3) is 3.61. The molecule has 0 bridgehead atoms. The van der Waals surface area contributed by atoms with E-state index >= 15 is 0 Å². The van der Waals surface area contributed by atoms with Gasteiger partial charge in [-0.3, -0.25) is 0 Å². The van der Waals surface area contributed by atoms with Gasteiger partial charge in [-0.25, -0.2) is 4.79 Å². The summed E-state index contributed by atoms with van der Waals surface area (Å²) in [6, 6.07) is 6.56. The molecule has 2 aliphatic rings. The maximum absolute atomic E-state index is 12.6. The van der Waals surface area contributed by atoms with Gasteiger partial charge in [0.2, 0.25) is 0 Å². The smallest absolute Gasteiger partial charge is 0.317 e. The molecular weight excluding hydrogens is 334 g/mol. The lowest BCUT2D eigenvalue weighted by molar-refractivity contribution is 0.182. The molecule has 1 saturated carbocycles. The van der Waals surface area contributed by atoms with Gasteiger partial charge < -0.3 is 15.1 Å². The predicted molar refractivity (Wildman–Crippen MR) is 101 cm³/mol. The second-order valence-corrected chi connectivity index (χ2v) is 7.67. The summed E-state index contributed by atoms with van der Waals surface area (Å²) in [7, 11) is 1.90. The van der Waals surface area contributed by atoms with Crippen LogP contribution in [0.1, 0.15) is 32.2 Å². The molecular formula is C18H25N5OS. The molecule has 1 aliphatic carbocycles. The number of aromatic nitrogens is 2. The van der Waals surface area contributed by atoms with Gasteiger partial charge in [0.15, 0.2) is 5.82 Å². The molecule has 2 unspecified atom stereocenters. The Morgan fingerprint density at radius 2 is 2.40 bits per heavy atom. The van der Waals surface area contributed by atoms with E-state index in [9.17, 15) is 4.79 Å². The number of likely N-dealkylation sites (N-methyl/N-ethyl adjacent to an activating group) is 1. The topological polar surface area (TPSA) is 61.4 Å². The average molecular weight is 359 g/mol. The monoisotopic (exact) mass is 359 g/mol. The molecule has 2 aromatic rings. The molecule has 4 rings (SSSR count). The first-order chi connectivity index (χ1) is 12.2. The summed E-state index contributed by atoms with van der Waals surface area (Å²) in [6.45, 7) is 1.77. The van der Waals surface area contributed by atoms with Gasteiger partial charge in [0.1, 0.15) is 0 Å². The Bertz CT molecular complexity index is 714. The van der Waals surface area contributed by atoms with Gasteiger partial charge in [0.05, 0.1) is 6.04 Å². The highest BCUT2D eigenvalue weighted by atomic mass is 32.1. The molecule has 1 saturated heterocycles. The first-order valence-corrected chi connectivity index (χ1v) is 9.74. The van der Waals surface area contributed by atoms with Crippen molar-refractivity contribution < 1.29 is 6.22 Å². The summed E-state index contributed by atoms with van der Waals surface area (Å²) in [5.74, 6) is 1.38. The number of hydrogen-bond acceptors (Lipinski definition) is 5. The van der Waals surface area contributed by atoms with E-state index in [4.69, 9.17) is 0 Å². The van der Waals surface area contributed by atoms with E-state index in [1.54, 1.807) is 17.5 Å². The molecule has 0 aromatic carbocycles. The second kappa shape index (κ2) is 7.00. The van der Waals surface area contributed by atoms with Crippen molar-refractivity contribution in [2.75, 3.05) is 25.0 Å². The van der Waals surface area contributed by atoms with E-state index in [-0.39, 0.29) is 19.5 Å². The summed E-state index contributed by atoms with van der Waals surface area (Å²) >= 11 is 1.72. The number of anilines is 1. The van der Waals surface area contributed by atoms with E-state index in [1.165, 1.54) is 5.56 Å². The normalized spacial score (nSPS) is 25.5. The standard InChI is InChI=1S/C18H23N5OS.H2/c1-22(18(24)20-16-10-15(16)13-6-9-25-12-13)14-4-3-8-23(11-14)17-5-2-7-19-21-17;/h2,5-7,9,12,14-16H,3-4,8,10-11H2,1H3,(H,20,24);1H/t14-,15?,16?;/m1./s1. The largest absolute Gasteiger partial charge is 0.353 e. The number of carbonyl (C=O) groups is 1. The lowest BCUT2D eigenvalue weighted by atomic mass is 10.0. The molecule has 0 radical (unpaired) electrons. The number of urea groups is 1. The zero-order valence-electron chi connectivity index (χ0n) is 14.3. The number of hydrogen-bond donors (Lipinski definition) is 1. The molecule has 2 amide bonds. The Hall–Kier alpha value is -2.15. The highest BCUT2D eigenvalue weighted by Crippen LogP contribution is 2.41. The summed E-state index contributed by atoms with van der Waals surface area (Å²) in [6.07, 6.45) is 4.82. The first-order valence-electron chi connectivity index (χ1n) is 8.80. The summed E-state index contributed by atoms with van der Waals surface area (Å²) in [5, 5.41) is 15.6.